The zero-order valence-electron chi connectivity index (χ0n) is 10.7. The van der Waals surface area contributed by atoms with Gasteiger partial charge in [-0.05, 0) is 46.5 Å². The number of halogens is 1. The van der Waals surface area contributed by atoms with Crippen LogP contribution in [0.2, 0.25) is 0 Å². The Labute approximate surface area is 113 Å². The van der Waals surface area contributed by atoms with Gasteiger partial charge in [-0.2, -0.15) is 0 Å². The van der Waals surface area contributed by atoms with Crippen molar-refractivity contribution in [2.75, 3.05) is 6.61 Å². The van der Waals surface area contributed by atoms with E-state index in [1.165, 1.54) is 5.56 Å². The van der Waals surface area contributed by atoms with Crippen LogP contribution in [0.15, 0.2) is 22.7 Å². The first-order valence-electron chi connectivity index (χ1n) is 6.07. The first kappa shape index (κ1) is 14.1. The van der Waals surface area contributed by atoms with Crippen molar-refractivity contribution < 1.29 is 4.74 Å². The zero-order valence-corrected chi connectivity index (χ0v) is 12.3. The van der Waals surface area contributed by atoms with Crippen LogP contribution in [0.1, 0.15) is 45.1 Å². The molecule has 1 aromatic rings. The highest BCUT2D eigenvalue weighted by Crippen LogP contribution is 2.29. The highest BCUT2D eigenvalue weighted by Gasteiger charge is 2.07. The Bertz CT molecular complexity index is 415. The second kappa shape index (κ2) is 7.40. The van der Waals surface area contributed by atoms with E-state index in [2.05, 4.69) is 53.8 Å². The Morgan fingerprint density at radius 2 is 2.06 bits per heavy atom. The molecule has 0 spiro atoms. The molecule has 0 fully saturated rings. The van der Waals surface area contributed by atoms with E-state index in [-0.39, 0.29) is 0 Å². The third kappa shape index (κ3) is 4.44. The number of ether oxygens (including phenoxy) is 1. The normalized spacial score (nSPS) is 11.5. The maximum absolute atomic E-state index is 5.50. The summed E-state index contributed by atoms with van der Waals surface area (Å²) < 4.78 is 6.52. The highest BCUT2D eigenvalue weighted by molar-refractivity contribution is 9.10. The molecule has 0 saturated heterocycles. The lowest BCUT2D eigenvalue weighted by Crippen LogP contribution is -1.96. The third-order valence-corrected chi connectivity index (χ3v) is 3.15. The van der Waals surface area contributed by atoms with Gasteiger partial charge < -0.3 is 4.74 Å². The molecule has 0 aliphatic carbocycles. The maximum atomic E-state index is 5.50. The lowest BCUT2D eigenvalue weighted by atomic mass is 9.98. The summed E-state index contributed by atoms with van der Waals surface area (Å²) in [6.07, 6.45) is 1.84. The van der Waals surface area contributed by atoms with Crippen molar-refractivity contribution in [2.45, 2.75) is 39.5 Å². The van der Waals surface area contributed by atoms with Crippen molar-refractivity contribution in [3.8, 4) is 17.6 Å². The molecule has 1 rings (SSSR count). The summed E-state index contributed by atoms with van der Waals surface area (Å²) in [5.74, 6) is 7.67. The lowest BCUT2D eigenvalue weighted by Gasteiger charge is -2.11. The summed E-state index contributed by atoms with van der Waals surface area (Å²) in [4.78, 5) is 0. The molecule has 1 unspecified atom stereocenters. The van der Waals surface area contributed by atoms with Gasteiger partial charge in [-0.15, -0.1) is 11.8 Å². The topological polar surface area (TPSA) is 9.23 Å². The van der Waals surface area contributed by atoms with E-state index in [1.807, 2.05) is 13.0 Å². The third-order valence-electron chi connectivity index (χ3n) is 2.53. The van der Waals surface area contributed by atoms with Crippen LogP contribution in [0.5, 0.6) is 5.75 Å². The van der Waals surface area contributed by atoms with Crippen LogP contribution in [0, 0.1) is 11.8 Å². The number of hydrogen-bond acceptors (Lipinski definition) is 1. The fourth-order valence-electron chi connectivity index (χ4n) is 1.56. The highest BCUT2D eigenvalue weighted by atomic mass is 79.9. The van der Waals surface area contributed by atoms with E-state index >= 15 is 0 Å². The number of rotatable bonds is 4. The predicted molar refractivity (Wildman–Crippen MR) is 76.4 cm³/mol. The molecule has 0 aromatic heterocycles. The van der Waals surface area contributed by atoms with Gasteiger partial charge in [0.05, 0.1) is 11.1 Å². The van der Waals surface area contributed by atoms with Crippen molar-refractivity contribution >= 4 is 15.9 Å². The molecular formula is C15H19BrO. The predicted octanol–water partition coefficient (Wildman–Crippen LogP) is 4.75. The molecule has 92 valence electrons. The Hall–Kier alpha value is -0.940. The van der Waals surface area contributed by atoms with E-state index in [0.717, 1.165) is 23.1 Å². The first-order valence-corrected chi connectivity index (χ1v) is 6.86. The molecule has 0 N–H and O–H groups in total. The Morgan fingerprint density at radius 1 is 1.29 bits per heavy atom. The SMILES string of the molecule is CCC#CCC(C)c1ccc(OCC)c(Br)c1. The van der Waals surface area contributed by atoms with Crippen molar-refractivity contribution in [2.24, 2.45) is 0 Å². The van der Waals surface area contributed by atoms with E-state index in [0.29, 0.717) is 12.5 Å². The summed E-state index contributed by atoms with van der Waals surface area (Å²) in [5, 5.41) is 0. The second-order valence-corrected chi connectivity index (χ2v) is 4.79. The van der Waals surface area contributed by atoms with Crippen LogP contribution < -0.4 is 4.74 Å². The van der Waals surface area contributed by atoms with E-state index < -0.39 is 0 Å². The Balaban J connectivity index is 2.75. The molecule has 1 nitrogen and oxygen atoms in total. The summed E-state index contributed by atoms with van der Waals surface area (Å²) >= 11 is 3.54. The average molecular weight is 295 g/mol. The van der Waals surface area contributed by atoms with Crippen LogP contribution in [0.4, 0.5) is 0 Å². The van der Waals surface area contributed by atoms with Gasteiger partial charge >= 0.3 is 0 Å². The number of hydrogen-bond donors (Lipinski definition) is 0. The average Bonchev–Trinajstić information content (AvgIpc) is 2.32. The van der Waals surface area contributed by atoms with Gasteiger partial charge in [0.15, 0.2) is 0 Å². The molecule has 0 bridgehead atoms. The van der Waals surface area contributed by atoms with Crippen molar-refractivity contribution in [1.29, 1.82) is 0 Å². The van der Waals surface area contributed by atoms with Crippen LogP contribution in [-0.2, 0) is 0 Å². The fraction of sp³-hybridized carbons (Fsp3) is 0.467. The van der Waals surface area contributed by atoms with Gasteiger partial charge in [0, 0.05) is 12.8 Å². The molecule has 2 heteroatoms. The Morgan fingerprint density at radius 3 is 2.65 bits per heavy atom. The van der Waals surface area contributed by atoms with Crippen LogP contribution in [0.25, 0.3) is 0 Å². The minimum Gasteiger partial charge on any atom is -0.493 e. The molecule has 0 radical (unpaired) electrons. The standard InChI is InChI=1S/C15H19BrO/c1-4-6-7-8-12(3)13-9-10-15(17-5-2)14(16)11-13/h9-12H,4-5,8H2,1-3H3. The van der Waals surface area contributed by atoms with Crippen LogP contribution in [-0.4, -0.2) is 6.61 Å². The molecule has 17 heavy (non-hydrogen) atoms. The van der Waals surface area contributed by atoms with Crippen molar-refractivity contribution in [1.82, 2.24) is 0 Å². The number of benzene rings is 1. The summed E-state index contributed by atoms with van der Waals surface area (Å²) in [6, 6.07) is 6.27. The van der Waals surface area contributed by atoms with E-state index in [1.54, 1.807) is 0 Å². The molecule has 0 aliphatic rings. The minimum absolute atomic E-state index is 0.459. The molecular weight excluding hydrogens is 276 g/mol. The van der Waals surface area contributed by atoms with Crippen LogP contribution >= 0.6 is 15.9 Å². The van der Waals surface area contributed by atoms with Gasteiger partial charge in [-0.1, -0.05) is 19.9 Å². The Kier molecular flexibility index (Phi) is 6.15. The van der Waals surface area contributed by atoms with Crippen molar-refractivity contribution in [3.05, 3.63) is 28.2 Å². The fourth-order valence-corrected chi connectivity index (χ4v) is 2.08. The van der Waals surface area contributed by atoms with Gasteiger partial charge in [0.25, 0.3) is 0 Å². The van der Waals surface area contributed by atoms with Gasteiger partial charge in [-0.25, -0.2) is 0 Å². The molecule has 0 heterocycles. The first-order chi connectivity index (χ1) is 8.19. The second-order valence-electron chi connectivity index (χ2n) is 3.94. The smallest absolute Gasteiger partial charge is 0.133 e. The largest absolute Gasteiger partial charge is 0.493 e. The zero-order chi connectivity index (χ0) is 12.7. The van der Waals surface area contributed by atoms with Gasteiger partial charge in [0.2, 0.25) is 0 Å². The van der Waals surface area contributed by atoms with Crippen molar-refractivity contribution in [3.63, 3.8) is 0 Å². The van der Waals surface area contributed by atoms with E-state index in [4.69, 9.17) is 4.74 Å². The van der Waals surface area contributed by atoms with Crippen LogP contribution in [0.3, 0.4) is 0 Å². The summed E-state index contributed by atoms with van der Waals surface area (Å²) in [5.41, 5.74) is 1.30. The van der Waals surface area contributed by atoms with E-state index in [9.17, 15) is 0 Å². The quantitative estimate of drug-likeness (QED) is 0.728. The molecule has 0 aliphatic heterocycles. The van der Waals surface area contributed by atoms with Gasteiger partial charge in [0.1, 0.15) is 5.75 Å². The molecule has 0 amide bonds. The maximum Gasteiger partial charge on any atom is 0.133 e. The summed E-state index contributed by atoms with van der Waals surface area (Å²) in [7, 11) is 0. The molecule has 0 saturated carbocycles. The molecule has 1 aromatic carbocycles. The van der Waals surface area contributed by atoms with Gasteiger partial charge in [-0.3, -0.25) is 0 Å². The molecule has 1 atom stereocenters. The minimum atomic E-state index is 0.459. The summed E-state index contributed by atoms with van der Waals surface area (Å²) in [6.45, 7) is 6.95. The lowest BCUT2D eigenvalue weighted by molar-refractivity contribution is 0.338. The monoisotopic (exact) mass is 294 g/mol.